The highest BCUT2D eigenvalue weighted by molar-refractivity contribution is 8.00. The minimum Gasteiger partial charge on any atom is -0.381 e. The van der Waals surface area contributed by atoms with Gasteiger partial charge in [-0.25, -0.2) is 0 Å². The molecule has 1 fully saturated rings. The summed E-state index contributed by atoms with van der Waals surface area (Å²) >= 11 is 2.04. The predicted molar refractivity (Wildman–Crippen MR) is 88.7 cm³/mol. The zero-order valence-electron chi connectivity index (χ0n) is 12.5. The lowest BCUT2D eigenvalue weighted by Crippen LogP contribution is -2.33. The Balaban J connectivity index is 2.09. The summed E-state index contributed by atoms with van der Waals surface area (Å²) in [5.41, 5.74) is 3.24. The molecule has 2 unspecified atom stereocenters. The van der Waals surface area contributed by atoms with Crippen molar-refractivity contribution in [1.29, 1.82) is 0 Å². The SMILES string of the molecule is CCC(=O)Nc1ccc(C)c(NC2CCCSC2C)c1. The van der Waals surface area contributed by atoms with E-state index < -0.39 is 0 Å². The summed E-state index contributed by atoms with van der Waals surface area (Å²) in [6, 6.07) is 6.60. The van der Waals surface area contributed by atoms with Crippen molar-refractivity contribution >= 4 is 29.0 Å². The summed E-state index contributed by atoms with van der Waals surface area (Å²) in [4.78, 5) is 11.5. The lowest BCUT2D eigenvalue weighted by Gasteiger charge is -2.30. The largest absolute Gasteiger partial charge is 0.381 e. The predicted octanol–water partition coefficient (Wildman–Crippen LogP) is 4.04. The van der Waals surface area contributed by atoms with Crippen LogP contribution in [0, 0.1) is 6.92 Å². The van der Waals surface area contributed by atoms with Crippen molar-refractivity contribution in [3.63, 3.8) is 0 Å². The lowest BCUT2D eigenvalue weighted by molar-refractivity contribution is -0.115. The Hall–Kier alpha value is -1.16. The van der Waals surface area contributed by atoms with Crippen LogP contribution in [0.25, 0.3) is 0 Å². The summed E-state index contributed by atoms with van der Waals surface area (Å²) < 4.78 is 0. The first-order valence-electron chi connectivity index (χ1n) is 7.38. The number of nitrogens with one attached hydrogen (secondary N) is 2. The topological polar surface area (TPSA) is 41.1 Å². The van der Waals surface area contributed by atoms with Crippen molar-refractivity contribution in [2.45, 2.75) is 51.3 Å². The average Bonchev–Trinajstić information content (AvgIpc) is 2.44. The van der Waals surface area contributed by atoms with Gasteiger partial charge in [-0.3, -0.25) is 4.79 Å². The normalized spacial score (nSPS) is 22.4. The van der Waals surface area contributed by atoms with Crippen LogP contribution in [0.2, 0.25) is 0 Å². The van der Waals surface area contributed by atoms with E-state index in [4.69, 9.17) is 0 Å². The van der Waals surface area contributed by atoms with Gasteiger partial charge in [0, 0.05) is 29.1 Å². The maximum absolute atomic E-state index is 11.5. The molecule has 0 aromatic heterocycles. The number of aryl methyl sites for hydroxylation is 1. The highest BCUT2D eigenvalue weighted by Gasteiger charge is 2.22. The minimum atomic E-state index is 0.0568. The van der Waals surface area contributed by atoms with Crippen LogP contribution in [-0.2, 0) is 4.79 Å². The van der Waals surface area contributed by atoms with E-state index in [9.17, 15) is 4.79 Å². The fourth-order valence-corrected chi connectivity index (χ4v) is 3.56. The fraction of sp³-hybridized carbons (Fsp3) is 0.562. The Morgan fingerprint density at radius 1 is 1.45 bits per heavy atom. The van der Waals surface area contributed by atoms with Crippen LogP contribution < -0.4 is 10.6 Å². The number of carbonyl (C=O) groups is 1. The summed E-state index contributed by atoms with van der Waals surface area (Å²) in [6.07, 6.45) is 3.00. The third-order valence-electron chi connectivity index (χ3n) is 3.79. The highest BCUT2D eigenvalue weighted by atomic mass is 32.2. The minimum absolute atomic E-state index is 0.0568. The summed E-state index contributed by atoms with van der Waals surface area (Å²) in [7, 11) is 0. The molecule has 110 valence electrons. The van der Waals surface area contributed by atoms with Crippen molar-refractivity contribution in [3.05, 3.63) is 23.8 Å². The number of anilines is 2. The molecule has 1 aromatic carbocycles. The van der Waals surface area contributed by atoms with Gasteiger partial charge in [-0.05, 0) is 43.2 Å². The van der Waals surface area contributed by atoms with E-state index in [2.05, 4.69) is 36.6 Å². The van der Waals surface area contributed by atoms with E-state index in [-0.39, 0.29) is 5.91 Å². The van der Waals surface area contributed by atoms with Crippen LogP contribution in [0.4, 0.5) is 11.4 Å². The zero-order valence-corrected chi connectivity index (χ0v) is 13.3. The Labute approximate surface area is 125 Å². The molecule has 0 spiro atoms. The molecule has 2 rings (SSSR count). The van der Waals surface area contributed by atoms with Crippen LogP contribution >= 0.6 is 11.8 Å². The number of hydrogen-bond acceptors (Lipinski definition) is 3. The van der Waals surface area contributed by atoms with Gasteiger partial charge in [-0.1, -0.05) is 19.9 Å². The molecule has 1 saturated heterocycles. The average molecular weight is 292 g/mol. The van der Waals surface area contributed by atoms with Crippen LogP contribution in [0.15, 0.2) is 18.2 Å². The molecule has 1 aliphatic rings. The molecule has 0 saturated carbocycles. The van der Waals surface area contributed by atoms with E-state index in [0.29, 0.717) is 17.7 Å². The van der Waals surface area contributed by atoms with Gasteiger partial charge in [-0.15, -0.1) is 0 Å². The van der Waals surface area contributed by atoms with Gasteiger partial charge in [0.1, 0.15) is 0 Å². The van der Waals surface area contributed by atoms with Crippen molar-refractivity contribution in [2.75, 3.05) is 16.4 Å². The van der Waals surface area contributed by atoms with Crippen molar-refractivity contribution in [3.8, 4) is 0 Å². The second-order valence-electron chi connectivity index (χ2n) is 5.40. The zero-order chi connectivity index (χ0) is 14.5. The molecule has 0 radical (unpaired) electrons. The summed E-state index contributed by atoms with van der Waals surface area (Å²) in [5, 5.41) is 7.22. The molecule has 2 N–H and O–H groups in total. The molecule has 1 aliphatic heterocycles. The van der Waals surface area contributed by atoms with Gasteiger partial charge in [0.25, 0.3) is 0 Å². The Kier molecular flexibility index (Phi) is 5.35. The second kappa shape index (κ2) is 7.02. The number of carbonyl (C=O) groups excluding carboxylic acids is 1. The first-order chi connectivity index (χ1) is 9.60. The number of rotatable bonds is 4. The molecule has 1 heterocycles. The lowest BCUT2D eigenvalue weighted by atomic mass is 10.1. The maximum Gasteiger partial charge on any atom is 0.224 e. The first kappa shape index (κ1) is 15.2. The van der Waals surface area contributed by atoms with E-state index in [1.54, 1.807) is 0 Å². The Morgan fingerprint density at radius 3 is 2.95 bits per heavy atom. The number of amides is 1. The van der Waals surface area contributed by atoms with Crippen molar-refractivity contribution < 1.29 is 4.79 Å². The van der Waals surface area contributed by atoms with Gasteiger partial charge < -0.3 is 10.6 Å². The second-order valence-corrected chi connectivity index (χ2v) is 6.89. The van der Waals surface area contributed by atoms with Gasteiger partial charge in [0.05, 0.1) is 0 Å². The smallest absolute Gasteiger partial charge is 0.224 e. The Morgan fingerprint density at radius 2 is 2.25 bits per heavy atom. The standard InChI is InChI=1S/C16H24N2OS/c1-4-16(19)17-13-8-7-11(2)15(10-13)18-14-6-5-9-20-12(14)3/h7-8,10,12,14,18H,4-6,9H2,1-3H3,(H,17,19). The third kappa shape index (κ3) is 3.92. The maximum atomic E-state index is 11.5. The number of hydrogen-bond donors (Lipinski definition) is 2. The van der Waals surface area contributed by atoms with Crippen LogP contribution in [0.1, 0.15) is 38.7 Å². The fourth-order valence-electron chi connectivity index (χ4n) is 2.42. The molecular weight excluding hydrogens is 268 g/mol. The van der Waals surface area contributed by atoms with E-state index in [1.165, 1.54) is 24.2 Å². The quantitative estimate of drug-likeness (QED) is 0.880. The van der Waals surface area contributed by atoms with E-state index in [0.717, 1.165) is 11.4 Å². The number of thioether (sulfide) groups is 1. The summed E-state index contributed by atoms with van der Waals surface area (Å²) in [6.45, 7) is 6.26. The molecular formula is C16H24N2OS. The molecule has 3 nitrogen and oxygen atoms in total. The van der Waals surface area contributed by atoms with Crippen molar-refractivity contribution in [2.24, 2.45) is 0 Å². The van der Waals surface area contributed by atoms with Gasteiger partial charge in [0.15, 0.2) is 0 Å². The van der Waals surface area contributed by atoms with Gasteiger partial charge in [0.2, 0.25) is 5.91 Å². The molecule has 2 atom stereocenters. The number of benzene rings is 1. The highest BCUT2D eigenvalue weighted by Crippen LogP contribution is 2.29. The van der Waals surface area contributed by atoms with Crippen LogP contribution in [0.5, 0.6) is 0 Å². The molecule has 0 aliphatic carbocycles. The Bertz CT molecular complexity index is 476. The monoisotopic (exact) mass is 292 g/mol. The molecule has 1 amide bonds. The summed E-state index contributed by atoms with van der Waals surface area (Å²) in [5.74, 6) is 1.33. The van der Waals surface area contributed by atoms with Crippen LogP contribution in [0.3, 0.4) is 0 Å². The van der Waals surface area contributed by atoms with E-state index >= 15 is 0 Å². The van der Waals surface area contributed by atoms with Crippen LogP contribution in [-0.4, -0.2) is 23.0 Å². The molecule has 4 heteroatoms. The van der Waals surface area contributed by atoms with Gasteiger partial charge >= 0.3 is 0 Å². The molecule has 0 bridgehead atoms. The molecule has 20 heavy (non-hydrogen) atoms. The van der Waals surface area contributed by atoms with Crippen molar-refractivity contribution in [1.82, 2.24) is 0 Å². The van der Waals surface area contributed by atoms with E-state index in [1.807, 2.05) is 24.8 Å². The third-order valence-corrected chi connectivity index (χ3v) is 5.17. The molecule has 1 aromatic rings. The van der Waals surface area contributed by atoms with Gasteiger partial charge in [-0.2, -0.15) is 11.8 Å². The first-order valence-corrected chi connectivity index (χ1v) is 8.43.